The van der Waals surface area contributed by atoms with Gasteiger partial charge in [0.25, 0.3) is 0 Å². The predicted octanol–water partition coefficient (Wildman–Crippen LogP) is 1.85. The van der Waals surface area contributed by atoms with E-state index in [1.807, 2.05) is 7.05 Å². The lowest BCUT2D eigenvalue weighted by molar-refractivity contribution is 0.134. The maximum Gasteiger partial charge on any atom is 0.191 e. The van der Waals surface area contributed by atoms with Gasteiger partial charge in [-0.15, -0.1) is 0 Å². The molecule has 2 N–H and O–H groups in total. The molecule has 128 valence electrons. The number of piperidine rings is 1. The number of methoxy groups -OCH3 is 1. The van der Waals surface area contributed by atoms with Gasteiger partial charge in [-0.25, -0.2) is 0 Å². The number of ether oxygens (including phenoxy) is 1. The van der Waals surface area contributed by atoms with Crippen LogP contribution in [0.15, 0.2) is 35.3 Å². The number of likely N-dealkylation sites (tertiary alicyclic amines) is 1. The largest absolute Gasteiger partial charge is 0.383 e. The van der Waals surface area contributed by atoms with E-state index >= 15 is 0 Å². The molecule has 1 aromatic carbocycles. The highest BCUT2D eigenvalue weighted by atomic mass is 16.5. The van der Waals surface area contributed by atoms with Crippen LogP contribution < -0.4 is 10.6 Å². The van der Waals surface area contributed by atoms with Crippen molar-refractivity contribution in [2.75, 3.05) is 33.9 Å². The summed E-state index contributed by atoms with van der Waals surface area (Å²) in [7, 11) is 3.53. The third-order valence-electron chi connectivity index (χ3n) is 4.41. The molecule has 1 fully saturated rings. The summed E-state index contributed by atoms with van der Waals surface area (Å²) in [6, 6.07) is 11.8. The van der Waals surface area contributed by atoms with Gasteiger partial charge in [-0.05, 0) is 25.3 Å². The van der Waals surface area contributed by atoms with Crippen LogP contribution in [-0.2, 0) is 11.3 Å². The third kappa shape index (κ3) is 5.84. The highest BCUT2D eigenvalue weighted by Gasteiger charge is 2.25. The topological polar surface area (TPSA) is 48.9 Å². The van der Waals surface area contributed by atoms with Crippen LogP contribution in [0.25, 0.3) is 0 Å². The summed E-state index contributed by atoms with van der Waals surface area (Å²) < 4.78 is 5.06. The van der Waals surface area contributed by atoms with Gasteiger partial charge in [-0.3, -0.25) is 9.89 Å². The zero-order chi connectivity index (χ0) is 16.5. The molecule has 2 unspecified atom stereocenters. The van der Waals surface area contributed by atoms with Gasteiger partial charge < -0.3 is 15.4 Å². The Morgan fingerprint density at radius 1 is 1.35 bits per heavy atom. The minimum absolute atomic E-state index is 0.478. The van der Waals surface area contributed by atoms with E-state index in [1.165, 1.54) is 5.56 Å². The Kier molecular flexibility index (Phi) is 7.36. The van der Waals surface area contributed by atoms with E-state index in [2.05, 4.69) is 57.8 Å². The van der Waals surface area contributed by atoms with Crippen molar-refractivity contribution in [1.82, 2.24) is 15.5 Å². The van der Waals surface area contributed by atoms with Gasteiger partial charge in [0, 0.05) is 45.9 Å². The molecule has 1 aliphatic heterocycles. The smallest absolute Gasteiger partial charge is 0.191 e. The zero-order valence-corrected chi connectivity index (χ0v) is 14.6. The molecule has 0 amide bonds. The first-order chi connectivity index (χ1) is 11.2. The van der Waals surface area contributed by atoms with Crippen LogP contribution >= 0.6 is 0 Å². The molecule has 1 saturated heterocycles. The minimum atomic E-state index is 0.478. The highest BCUT2D eigenvalue weighted by Crippen LogP contribution is 2.19. The van der Waals surface area contributed by atoms with E-state index in [1.54, 1.807) is 7.11 Å². The number of hydrogen-bond acceptors (Lipinski definition) is 3. The first kappa shape index (κ1) is 17.8. The van der Waals surface area contributed by atoms with E-state index in [9.17, 15) is 0 Å². The van der Waals surface area contributed by atoms with Crippen molar-refractivity contribution in [3.63, 3.8) is 0 Å². The molecule has 0 spiro atoms. The number of hydrogen-bond donors (Lipinski definition) is 2. The fourth-order valence-electron chi connectivity index (χ4n) is 3.06. The van der Waals surface area contributed by atoms with Crippen molar-refractivity contribution in [3.8, 4) is 0 Å². The molecule has 2 atom stereocenters. The summed E-state index contributed by atoms with van der Waals surface area (Å²) in [4.78, 5) is 6.86. The molecule has 1 aromatic rings. The third-order valence-corrected chi connectivity index (χ3v) is 4.41. The molecule has 0 saturated carbocycles. The summed E-state index contributed by atoms with van der Waals surface area (Å²) >= 11 is 0. The van der Waals surface area contributed by atoms with Crippen LogP contribution in [0.2, 0.25) is 0 Å². The zero-order valence-electron chi connectivity index (χ0n) is 14.6. The van der Waals surface area contributed by atoms with Gasteiger partial charge in [-0.2, -0.15) is 0 Å². The molecule has 0 radical (unpaired) electrons. The maximum absolute atomic E-state index is 5.06. The number of benzene rings is 1. The molecular weight excluding hydrogens is 288 g/mol. The number of rotatable bonds is 6. The lowest BCUT2D eigenvalue weighted by Gasteiger charge is -2.38. The lowest BCUT2D eigenvalue weighted by atomic mass is 9.97. The molecule has 23 heavy (non-hydrogen) atoms. The normalized spacial score (nSPS) is 22.8. The van der Waals surface area contributed by atoms with Crippen LogP contribution in [0.4, 0.5) is 0 Å². The number of nitrogens with zero attached hydrogens (tertiary/aromatic N) is 2. The summed E-state index contributed by atoms with van der Waals surface area (Å²) in [6.07, 6.45) is 2.28. The Morgan fingerprint density at radius 3 is 2.78 bits per heavy atom. The Hall–Kier alpha value is -1.59. The Morgan fingerprint density at radius 2 is 2.13 bits per heavy atom. The van der Waals surface area contributed by atoms with E-state index < -0.39 is 0 Å². The molecule has 0 bridgehead atoms. The van der Waals surface area contributed by atoms with Crippen molar-refractivity contribution in [1.29, 1.82) is 0 Å². The van der Waals surface area contributed by atoms with Gasteiger partial charge in [0.15, 0.2) is 5.96 Å². The summed E-state index contributed by atoms with van der Waals surface area (Å²) in [5.41, 5.74) is 1.39. The maximum atomic E-state index is 5.06. The molecular formula is C18H30N4O. The van der Waals surface area contributed by atoms with Gasteiger partial charge in [0.2, 0.25) is 0 Å². The number of nitrogens with one attached hydrogen (secondary N) is 2. The summed E-state index contributed by atoms with van der Waals surface area (Å²) in [5.74, 6) is 0.871. The van der Waals surface area contributed by atoms with E-state index in [0.29, 0.717) is 18.7 Å². The molecule has 1 heterocycles. The van der Waals surface area contributed by atoms with Crippen molar-refractivity contribution < 1.29 is 4.74 Å². The van der Waals surface area contributed by atoms with Crippen LogP contribution in [0.5, 0.6) is 0 Å². The van der Waals surface area contributed by atoms with Crippen LogP contribution in [0.3, 0.4) is 0 Å². The van der Waals surface area contributed by atoms with Gasteiger partial charge in [0.1, 0.15) is 0 Å². The second-order valence-corrected chi connectivity index (χ2v) is 6.16. The molecule has 1 aliphatic rings. The van der Waals surface area contributed by atoms with Crippen molar-refractivity contribution in [2.24, 2.45) is 4.99 Å². The van der Waals surface area contributed by atoms with Crippen molar-refractivity contribution >= 4 is 5.96 Å². The Balaban J connectivity index is 1.79. The van der Waals surface area contributed by atoms with Gasteiger partial charge in [-0.1, -0.05) is 30.3 Å². The Labute approximate surface area is 140 Å². The standard InChI is InChI=1S/C18H30N4O/c1-15-13-17(21-18(19-2)20-10-12-23-3)9-11-22(15)14-16-7-5-4-6-8-16/h4-8,15,17H,9-14H2,1-3H3,(H2,19,20,21). The second kappa shape index (κ2) is 9.53. The SMILES string of the molecule is CN=C(NCCOC)NC1CCN(Cc2ccccc2)C(C)C1. The van der Waals surface area contributed by atoms with E-state index in [0.717, 1.165) is 38.4 Å². The fraction of sp³-hybridized carbons (Fsp3) is 0.611. The second-order valence-electron chi connectivity index (χ2n) is 6.16. The van der Waals surface area contributed by atoms with Crippen LogP contribution in [0.1, 0.15) is 25.3 Å². The first-order valence-electron chi connectivity index (χ1n) is 8.47. The van der Waals surface area contributed by atoms with Gasteiger partial charge >= 0.3 is 0 Å². The first-order valence-corrected chi connectivity index (χ1v) is 8.47. The number of aliphatic imine (C=N–C) groups is 1. The quantitative estimate of drug-likeness (QED) is 0.477. The molecule has 5 heteroatoms. The Bertz CT molecular complexity index is 477. The lowest BCUT2D eigenvalue weighted by Crippen LogP contribution is -2.51. The van der Waals surface area contributed by atoms with Crippen LogP contribution in [-0.4, -0.2) is 56.8 Å². The minimum Gasteiger partial charge on any atom is -0.383 e. The van der Waals surface area contributed by atoms with Crippen molar-refractivity contribution in [2.45, 2.75) is 38.4 Å². The van der Waals surface area contributed by atoms with Gasteiger partial charge in [0.05, 0.1) is 6.61 Å². The van der Waals surface area contributed by atoms with Crippen LogP contribution in [0, 0.1) is 0 Å². The highest BCUT2D eigenvalue weighted by molar-refractivity contribution is 5.79. The molecule has 0 aliphatic carbocycles. The predicted molar refractivity (Wildman–Crippen MR) is 95.7 cm³/mol. The average Bonchev–Trinajstić information content (AvgIpc) is 2.57. The molecule has 0 aromatic heterocycles. The average molecular weight is 318 g/mol. The van der Waals surface area contributed by atoms with E-state index in [4.69, 9.17) is 4.74 Å². The molecule has 2 rings (SSSR count). The number of guanidine groups is 1. The summed E-state index contributed by atoms with van der Waals surface area (Å²) in [6.45, 7) is 5.93. The summed E-state index contributed by atoms with van der Waals surface area (Å²) in [5, 5.41) is 6.82. The molecule has 5 nitrogen and oxygen atoms in total. The van der Waals surface area contributed by atoms with Crippen molar-refractivity contribution in [3.05, 3.63) is 35.9 Å². The fourth-order valence-corrected chi connectivity index (χ4v) is 3.06. The van der Waals surface area contributed by atoms with E-state index in [-0.39, 0.29) is 0 Å². The monoisotopic (exact) mass is 318 g/mol.